The van der Waals surface area contributed by atoms with E-state index in [1.54, 1.807) is 13.0 Å². The second-order valence-electron chi connectivity index (χ2n) is 4.39. The van der Waals surface area contributed by atoms with Crippen LogP contribution in [0.2, 0.25) is 0 Å². The molecule has 0 N–H and O–H groups in total. The topological polar surface area (TPSA) is 43.4 Å². The number of ketones is 1. The highest BCUT2D eigenvalue weighted by atomic mass is 16.5. The first kappa shape index (κ1) is 13.3. The van der Waals surface area contributed by atoms with E-state index in [0.29, 0.717) is 12.0 Å². The van der Waals surface area contributed by atoms with E-state index < -0.39 is 5.97 Å². The zero-order valence-electron chi connectivity index (χ0n) is 11.1. The van der Waals surface area contributed by atoms with Crippen molar-refractivity contribution in [1.82, 2.24) is 0 Å². The van der Waals surface area contributed by atoms with Gasteiger partial charge in [-0.3, -0.25) is 4.79 Å². The lowest BCUT2D eigenvalue weighted by Crippen LogP contribution is -2.19. The minimum absolute atomic E-state index is 0.139. The molecule has 1 aromatic rings. The third-order valence-electron chi connectivity index (χ3n) is 2.99. The average molecular weight is 256 g/mol. The highest BCUT2D eigenvalue weighted by molar-refractivity contribution is 6.37. The Morgan fingerprint density at radius 2 is 1.89 bits per heavy atom. The average Bonchev–Trinajstić information content (AvgIpc) is 2.40. The van der Waals surface area contributed by atoms with E-state index in [0.717, 1.165) is 11.1 Å². The molecule has 0 radical (unpaired) electrons. The molecule has 0 aromatic heterocycles. The third kappa shape index (κ3) is 2.81. The fourth-order valence-electron chi connectivity index (χ4n) is 1.99. The van der Waals surface area contributed by atoms with E-state index in [4.69, 9.17) is 4.74 Å². The van der Waals surface area contributed by atoms with E-state index in [2.05, 4.69) is 0 Å². The first-order valence-electron chi connectivity index (χ1n) is 6.32. The van der Waals surface area contributed by atoms with Crippen molar-refractivity contribution in [3.05, 3.63) is 53.1 Å². The van der Waals surface area contributed by atoms with Crippen LogP contribution in [0.5, 0.6) is 0 Å². The summed E-state index contributed by atoms with van der Waals surface area (Å²) in [6, 6.07) is 7.69. The van der Waals surface area contributed by atoms with Crippen LogP contribution in [0.1, 0.15) is 24.5 Å². The summed E-state index contributed by atoms with van der Waals surface area (Å²) in [6.45, 7) is 3.99. The number of carbonyl (C=O) groups excluding carboxylic acids is 2. The molecule has 2 rings (SSSR count). The number of ether oxygens (including phenoxy) is 1. The quantitative estimate of drug-likeness (QED) is 0.617. The highest BCUT2D eigenvalue weighted by Crippen LogP contribution is 2.25. The van der Waals surface area contributed by atoms with Crippen LogP contribution in [0, 0.1) is 6.92 Å². The number of allylic oxidation sites excluding steroid dienone is 3. The molecule has 0 atom stereocenters. The van der Waals surface area contributed by atoms with Crippen LogP contribution in [0.25, 0.3) is 5.57 Å². The number of carbonyl (C=O) groups is 2. The fraction of sp³-hybridized carbons (Fsp3) is 0.250. The SMILES string of the molecule is CCOC(=O)C1=CCC=C(c2ccc(C)cc2)C1=O. The van der Waals surface area contributed by atoms with Gasteiger partial charge in [0.05, 0.1) is 6.61 Å². The Morgan fingerprint density at radius 1 is 1.21 bits per heavy atom. The molecule has 0 bridgehead atoms. The van der Waals surface area contributed by atoms with Gasteiger partial charge >= 0.3 is 5.97 Å². The molecule has 0 unspecified atom stereocenters. The smallest absolute Gasteiger partial charge is 0.341 e. The van der Waals surface area contributed by atoms with E-state index in [-0.39, 0.29) is 18.0 Å². The van der Waals surface area contributed by atoms with Crippen molar-refractivity contribution in [3.8, 4) is 0 Å². The Labute approximate surface area is 112 Å². The summed E-state index contributed by atoms with van der Waals surface area (Å²) in [4.78, 5) is 24.0. The third-order valence-corrected chi connectivity index (χ3v) is 2.99. The van der Waals surface area contributed by atoms with Crippen molar-refractivity contribution >= 4 is 17.3 Å². The molecule has 0 saturated heterocycles. The maximum absolute atomic E-state index is 12.3. The zero-order valence-corrected chi connectivity index (χ0v) is 11.1. The molecule has 3 nitrogen and oxygen atoms in total. The van der Waals surface area contributed by atoms with Gasteiger partial charge < -0.3 is 4.74 Å². The van der Waals surface area contributed by atoms with E-state index >= 15 is 0 Å². The second-order valence-corrected chi connectivity index (χ2v) is 4.39. The van der Waals surface area contributed by atoms with Gasteiger partial charge in [-0.15, -0.1) is 0 Å². The van der Waals surface area contributed by atoms with Crippen molar-refractivity contribution in [3.63, 3.8) is 0 Å². The Hall–Kier alpha value is -2.16. The lowest BCUT2D eigenvalue weighted by atomic mass is 9.91. The molecule has 0 amide bonds. The lowest BCUT2D eigenvalue weighted by Gasteiger charge is -2.13. The van der Waals surface area contributed by atoms with Gasteiger partial charge in [0.15, 0.2) is 5.78 Å². The molecule has 3 heteroatoms. The highest BCUT2D eigenvalue weighted by Gasteiger charge is 2.25. The van der Waals surface area contributed by atoms with Crippen LogP contribution >= 0.6 is 0 Å². The van der Waals surface area contributed by atoms with Crippen LogP contribution in [0.15, 0.2) is 42.0 Å². The monoisotopic (exact) mass is 256 g/mol. The van der Waals surface area contributed by atoms with Gasteiger partial charge in [-0.2, -0.15) is 0 Å². The molecule has 0 heterocycles. The molecule has 1 aromatic carbocycles. The van der Waals surface area contributed by atoms with Crippen molar-refractivity contribution in [2.75, 3.05) is 6.61 Å². The van der Waals surface area contributed by atoms with Crippen LogP contribution in [0.3, 0.4) is 0 Å². The summed E-state index contributed by atoms with van der Waals surface area (Å²) in [5.74, 6) is -0.793. The number of Topliss-reactive ketones (excluding diaryl/α,β-unsaturated/α-hetero) is 1. The van der Waals surface area contributed by atoms with Gasteiger partial charge in [0, 0.05) is 5.57 Å². The van der Waals surface area contributed by atoms with Crippen LogP contribution in [-0.4, -0.2) is 18.4 Å². The summed E-state index contributed by atoms with van der Waals surface area (Å²) in [5.41, 5.74) is 2.68. The Morgan fingerprint density at radius 3 is 2.53 bits per heavy atom. The van der Waals surface area contributed by atoms with Crippen molar-refractivity contribution in [2.24, 2.45) is 0 Å². The number of rotatable bonds is 3. The van der Waals surface area contributed by atoms with Gasteiger partial charge in [0.25, 0.3) is 0 Å². The maximum Gasteiger partial charge on any atom is 0.341 e. The molecule has 0 spiro atoms. The van der Waals surface area contributed by atoms with Gasteiger partial charge in [-0.05, 0) is 25.8 Å². The Kier molecular flexibility index (Phi) is 3.95. The minimum atomic E-state index is -0.537. The van der Waals surface area contributed by atoms with Gasteiger partial charge in [0.1, 0.15) is 5.57 Å². The maximum atomic E-state index is 12.3. The molecule has 0 fully saturated rings. The summed E-state index contributed by atoms with van der Waals surface area (Å²) in [6.07, 6.45) is 4.04. The normalized spacial score (nSPS) is 14.7. The first-order valence-corrected chi connectivity index (χ1v) is 6.32. The first-order chi connectivity index (χ1) is 9.13. The zero-order chi connectivity index (χ0) is 13.8. The van der Waals surface area contributed by atoms with Crippen LogP contribution in [0.4, 0.5) is 0 Å². The summed E-state index contributed by atoms with van der Waals surface area (Å²) >= 11 is 0. The fourth-order valence-corrected chi connectivity index (χ4v) is 1.99. The molecule has 98 valence electrons. The van der Waals surface area contributed by atoms with Crippen molar-refractivity contribution < 1.29 is 14.3 Å². The molecular formula is C16H16O3. The second kappa shape index (κ2) is 5.65. The van der Waals surface area contributed by atoms with E-state index in [1.807, 2.05) is 37.3 Å². The summed E-state index contributed by atoms with van der Waals surface area (Å²) < 4.78 is 4.90. The number of aryl methyl sites for hydroxylation is 1. The molecule has 19 heavy (non-hydrogen) atoms. The molecule has 1 aliphatic rings. The molecule has 1 aliphatic carbocycles. The summed E-state index contributed by atoms with van der Waals surface area (Å²) in [5, 5.41) is 0. The molecule has 0 saturated carbocycles. The minimum Gasteiger partial charge on any atom is -0.462 e. The number of esters is 1. The summed E-state index contributed by atoms with van der Waals surface area (Å²) in [7, 11) is 0. The number of hydrogen-bond donors (Lipinski definition) is 0. The van der Waals surface area contributed by atoms with Crippen molar-refractivity contribution in [1.29, 1.82) is 0 Å². The van der Waals surface area contributed by atoms with Gasteiger partial charge in [-0.1, -0.05) is 42.0 Å². The van der Waals surface area contributed by atoms with Gasteiger partial charge in [-0.25, -0.2) is 4.79 Å². The predicted molar refractivity (Wildman–Crippen MR) is 73.5 cm³/mol. The van der Waals surface area contributed by atoms with E-state index in [1.165, 1.54) is 0 Å². The van der Waals surface area contributed by atoms with Crippen molar-refractivity contribution in [2.45, 2.75) is 20.3 Å². The standard InChI is InChI=1S/C16H16O3/c1-3-19-16(18)14-6-4-5-13(15(14)17)12-9-7-11(2)8-10-12/h5-10H,3-4H2,1-2H3. The van der Waals surface area contributed by atoms with Gasteiger partial charge in [0.2, 0.25) is 0 Å². The van der Waals surface area contributed by atoms with Crippen LogP contribution < -0.4 is 0 Å². The van der Waals surface area contributed by atoms with Crippen LogP contribution in [-0.2, 0) is 14.3 Å². The number of benzene rings is 1. The Bertz CT molecular complexity index is 562. The largest absolute Gasteiger partial charge is 0.462 e. The van der Waals surface area contributed by atoms with E-state index in [9.17, 15) is 9.59 Å². The number of hydrogen-bond acceptors (Lipinski definition) is 3. The molecular weight excluding hydrogens is 240 g/mol. The lowest BCUT2D eigenvalue weighted by molar-refractivity contribution is -0.139. The Balaban J connectivity index is 2.25. The predicted octanol–water partition coefficient (Wildman–Crippen LogP) is 2.84. The molecule has 0 aliphatic heterocycles.